The maximum absolute atomic E-state index is 4.46. The van der Waals surface area contributed by atoms with Gasteiger partial charge < -0.3 is 5.32 Å². The third kappa shape index (κ3) is 2.78. The first-order chi connectivity index (χ1) is 9.81. The van der Waals surface area contributed by atoms with Crippen LogP contribution in [0.25, 0.3) is 0 Å². The van der Waals surface area contributed by atoms with Crippen LogP contribution < -0.4 is 5.32 Å². The summed E-state index contributed by atoms with van der Waals surface area (Å²) in [6, 6.07) is 2.71. The van der Waals surface area contributed by atoms with Crippen LogP contribution in [0.3, 0.4) is 0 Å². The molecule has 0 radical (unpaired) electrons. The summed E-state index contributed by atoms with van der Waals surface area (Å²) in [4.78, 5) is 0. The van der Waals surface area contributed by atoms with Crippen LogP contribution in [-0.4, -0.2) is 16.3 Å². The minimum absolute atomic E-state index is 0.502. The zero-order chi connectivity index (χ0) is 13.9. The van der Waals surface area contributed by atoms with Gasteiger partial charge in [0.05, 0.1) is 5.69 Å². The van der Waals surface area contributed by atoms with Crippen molar-refractivity contribution in [1.82, 2.24) is 15.1 Å². The molecule has 2 bridgehead atoms. The summed E-state index contributed by atoms with van der Waals surface area (Å²) in [7, 11) is 0. The van der Waals surface area contributed by atoms with E-state index in [4.69, 9.17) is 0 Å². The molecule has 4 atom stereocenters. The number of hydrogen-bond acceptors (Lipinski definition) is 2. The van der Waals surface area contributed by atoms with E-state index in [1.165, 1.54) is 44.2 Å². The van der Waals surface area contributed by atoms with Crippen molar-refractivity contribution in [3.05, 3.63) is 18.0 Å². The molecule has 2 aliphatic carbocycles. The van der Waals surface area contributed by atoms with Gasteiger partial charge in [0, 0.05) is 18.8 Å². The van der Waals surface area contributed by atoms with E-state index < -0.39 is 0 Å². The van der Waals surface area contributed by atoms with E-state index in [0.717, 1.165) is 30.8 Å². The van der Waals surface area contributed by atoms with Crippen LogP contribution in [0.1, 0.15) is 64.1 Å². The number of nitrogens with one attached hydrogen (secondary N) is 1. The third-order valence-electron chi connectivity index (χ3n) is 5.47. The summed E-state index contributed by atoms with van der Waals surface area (Å²) in [5.41, 5.74) is 1.39. The molecule has 1 N–H and O–H groups in total. The molecule has 2 fully saturated rings. The van der Waals surface area contributed by atoms with Gasteiger partial charge >= 0.3 is 0 Å². The molecule has 0 spiro atoms. The average molecular weight is 275 g/mol. The Morgan fingerprint density at radius 1 is 1.35 bits per heavy atom. The minimum Gasteiger partial charge on any atom is -0.309 e. The Morgan fingerprint density at radius 3 is 2.90 bits per heavy atom. The van der Waals surface area contributed by atoms with Gasteiger partial charge in [-0.15, -0.1) is 0 Å². The molecule has 3 nitrogen and oxygen atoms in total. The van der Waals surface area contributed by atoms with Crippen LogP contribution in [0.4, 0.5) is 0 Å². The molecule has 4 unspecified atom stereocenters. The molecule has 2 aliphatic rings. The number of aryl methyl sites for hydroxylation is 1. The predicted molar refractivity (Wildman–Crippen MR) is 82.5 cm³/mol. The van der Waals surface area contributed by atoms with Crippen molar-refractivity contribution in [2.24, 2.45) is 17.8 Å². The second kappa shape index (κ2) is 6.30. The molecule has 112 valence electrons. The van der Waals surface area contributed by atoms with Crippen LogP contribution in [0.2, 0.25) is 0 Å². The normalized spacial score (nSPS) is 30.0. The lowest BCUT2D eigenvalue weighted by Gasteiger charge is -2.28. The van der Waals surface area contributed by atoms with Crippen molar-refractivity contribution in [3.8, 4) is 0 Å². The minimum atomic E-state index is 0.502. The number of rotatable bonds is 7. The summed E-state index contributed by atoms with van der Waals surface area (Å²) >= 11 is 0. The number of aromatic nitrogens is 2. The SMILES string of the molecule is CCCNC(CC1CC2CCC1C2)c1ccnn1CC. The van der Waals surface area contributed by atoms with E-state index in [-0.39, 0.29) is 0 Å². The highest BCUT2D eigenvalue weighted by molar-refractivity contribution is 5.08. The molecule has 20 heavy (non-hydrogen) atoms. The average Bonchev–Trinajstić information content (AvgIpc) is 3.18. The first kappa shape index (κ1) is 14.1. The molecule has 0 aliphatic heterocycles. The summed E-state index contributed by atoms with van der Waals surface area (Å²) in [6.07, 6.45) is 10.5. The summed E-state index contributed by atoms with van der Waals surface area (Å²) in [6.45, 7) is 6.52. The van der Waals surface area contributed by atoms with E-state index in [1.54, 1.807) is 0 Å². The van der Waals surface area contributed by atoms with E-state index in [0.29, 0.717) is 6.04 Å². The highest BCUT2D eigenvalue weighted by atomic mass is 15.3. The molecule has 1 aromatic heterocycles. The molecule has 1 aromatic rings. The lowest BCUT2D eigenvalue weighted by atomic mass is 9.83. The lowest BCUT2D eigenvalue weighted by molar-refractivity contribution is 0.273. The van der Waals surface area contributed by atoms with Crippen molar-refractivity contribution < 1.29 is 0 Å². The Labute approximate surface area is 123 Å². The van der Waals surface area contributed by atoms with E-state index in [9.17, 15) is 0 Å². The molecule has 2 saturated carbocycles. The Kier molecular flexibility index (Phi) is 4.45. The highest BCUT2D eigenvalue weighted by Gasteiger charge is 2.40. The van der Waals surface area contributed by atoms with Crippen molar-refractivity contribution in [1.29, 1.82) is 0 Å². The van der Waals surface area contributed by atoms with Crippen LogP contribution in [-0.2, 0) is 6.54 Å². The second-order valence-corrected chi connectivity index (χ2v) is 6.75. The van der Waals surface area contributed by atoms with Gasteiger partial charge in [-0.3, -0.25) is 4.68 Å². The maximum Gasteiger partial charge on any atom is 0.0553 e. The summed E-state index contributed by atoms with van der Waals surface area (Å²) in [5, 5.41) is 8.23. The Balaban J connectivity index is 1.69. The van der Waals surface area contributed by atoms with Crippen LogP contribution in [0.15, 0.2) is 12.3 Å². The van der Waals surface area contributed by atoms with Crippen LogP contribution >= 0.6 is 0 Å². The van der Waals surface area contributed by atoms with Crippen molar-refractivity contribution in [2.75, 3.05) is 6.54 Å². The van der Waals surface area contributed by atoms with Crippen molar-refractivity contribution >= 4 is 0 Å². The zero-order valence-corrected chi connectivity index (χ0v) is 13.0. The number of hydrogen-bond donors (Lipinski definition) is 1. The van der Waals surface area contributed by atoms with Gasteiger partial charge in [0.15, 0.2) is 0 Å². The van der Waals surface area contributed by atoms with Gasteiger partial charge in [0.2, 0.25) is 0 Å². The van der Waals surface area contributed by atoms with E-state index in [1.807, 2.05) is 6.20 Å². The molecule has 0 saturated heterocycles. The fourth-order valence-corrected chi connectivity index (χ4v) is 4.50. The maximum atomic E-state index is 4.46. The number of nitrogens with zero attached hydrogens (tertiary/aromatic N) is 2. The van der Waals surface area contributed by atoms with Gasteiger partial charge in [-0.2, -0.15) is 5.10 Å². The summed E-state index contributed by atoms with van der Waals surface area (Å²) in [5.74, 6) is 3.01. The second-order valence-electron chi connectivity index (χ2n) is 6.75. The zero-order valence-electron chi connectivity index (χ0n) is 13.0. The summed E-state index contributed by atoms with van der Waals surface area (Å²) < 4.78 is 2.17. The molecular weight excluding hydrogens is 246 g/mol. The molecular formula is C17H29N3. The largest absolute Gasteiger partial charge is 0.309 e. The molecule has 0 aromatic carbocycles. The predicted octanol–water partition coefficient (Wildman–Crippen LogP) is 3.77. The quantitative estimate of drug-likeness (QED) is 0.821. The monoisotopic (exact) mass is 275 g/mol. The Hall–Kier alpha value is -0.830. The van der Waals surface area contributed by atoms with Crippen molar-refractivity contribution in [3.63, 3.8) is 0 Å². The fourth-order valence-electron chi connectivity index (χ4n) is 4.50. The number of fused-ring (bicyclic) bond motifs is 2. The molecule has 1 heterocycles. The van der Waals surface area contributed by atoms with Gasteiger partial charge in [-0.05, 0) is 69.4 Å². The Bertz CT molecular complexity index is 426. The van der Waals surface area contributed by atoms with Crippen LogP contribution in [0, 0.1) is 17.8 Å². The Morgan fingerprint density at radius 2 is 2.25 bits per heavy atom. The highest BCUT2D eigenvalue weighted by Crippen LogP contribution is 2.50. The molecule has 3 heteroatoms. The molecule has 0 amide bonds. The van der Waals surface area contributed by atoms with E-state index in [2.05, 4.69) is 35.0 Å². The van der Waals surface area contributed by atoms with Crippen LogP contribution in [0.5, 0.6) is 0 Å². The van der Waals surface area contributed by atoms with Gasteiger partial charge in [0.25, 0.3) is 0 Å². The van der Waals surface area contributed by atoms with Gasteiger partial charge in [-0.1, -0.05) is 13.3 Å². The van der Waals surface area contributed by atoms with Crippen molar-refractivity contribution in [2.45, 2.75) is 65.0 Å². The first-order valence-electron chi connectivity index (χ1n) is 8.56. The first-order valence-corrected chi connectivity index (χ1v) is 8.56. The standard InChI is InChI=1S/C17H29N3/c1-3-8-18-16(17-7-9-19-20(17)4-2)12-15-11-13-5-6-14(15)10-13/h7,9,13-16,18H,3-6,8,10-12H2,1-2H3. The molecule has 3 rings (SSSR count). The van der Waals surface area contributed by atoms with Gasteiger partial charge in [0.1, 0.15) is 0 Å². The third-order valence-corrected chi connectivity index (χ3v) is 5.47. The topological polar surface area (TPSA) is 29.9 Å². The van der Waals surface area contributed by atoms with E-state index >= 15 is 0 Å². The van der Waals surface area contributed by atoms with Gasteiger partial charge in [-0.25, -0.2) is 0 Å². The smallest absolute Gasteiger partial charge is 0.0553 e. The fraction of sp³-hybridized carbons (Fsp3) is 0.824. The lowest BCUT2D eigenvalue weighted by Crippen LogP contribution is -2.28.